The summed E-state index contributed by atoms with van der Waals surface area (Å²) < 4.78 is 24.0. The number of rotatable bonds is 3. The first-order valence-electron chi connectivity index (χ1n) is 4.08. The van der Waals surface area contributed by atoms with E-state index in [1.165, 1.54) is 19.1 Å². The van der Waals surface area contributed by atoms with E-state index in [0.29, 0.717) is 0 Å². The summed E-state index contributed by atoms with van der Waals surface area (Å²) in [6.07, 6.45) is -0.844. The van der Waals surface area contributed by atoms with Gasteiger partial charge in [0, 0.05) is 4.47 Å². The van der Waals surface area contributed by atoms with E-state index in [9.17, 15) is 8.42 Å². The van der Waals surface area contributed by atoms with Crippen molar-refractivity contribution in [1.29, 1.82) is 0 Å². The number of hydrogen-bond donors (Lipinski definition) is 1. The van der Waals surface area contributed by atoms with Gasteiger partial charge in [-0.1, -0.05) is 15.9 Å². The number of aliphatic hydroxyl groups is 1. The first-order valence-corrected chi connectivity index (χ1v) is 6.53. The van der Waals surface area contributed by atoms with Crippen molar-refractivity contribution in [1.82, 2.24) is 0 Å². The Balaban J connectivity index is 2.99. The molecule has 0 unspecified atom stereocenters. The minimum atomic E-state index is -3.35. The lowest BCUT2D eigenvalue weighted by atomic mass is 10.4. The first-order chi connectivity index (χ1) is 6.42. The molecule has 0 amide bonds. The molecule has 1 rings (SSSR count). The first kappa shape index (κ1) is 11.7. The van der Waals surface area contributed by atoms with Gasteiger partial charge in [0.05, 0.1) is 16.8 Å². The number of hydrogen-bond acceptors (Lipinski definition) is 3. The third-order valence-electron chi connectivity index (χ3n) is 1.63. The van der Waals surface area contributed by atoms with Crippen molar-refractivity contribution in [3.8, 4) is 0 Å². The van der Waals surface area contributed by atoms with Crippen LogP contribution >= 0.6 is 15.9 Å². The fraction of sp³-hybridized carbons (Fsp3) is 0.333. The van der Waals surface area contributed by atoms with Gasteiger partial charge in [0.2, 0.25) is 0 Å². The quantitative estimate of drug-likeness (QED) is 0.914. The van der Waals surface area contributed by atoms with Crippen molar-refractivity contribution in [3.63, 3.8) is 0 Å². The largest absolute Gasteiger partial charge is 0.392 e. The normalized spacial score (nSPS) is 13.9. The Bertz CT molecular complexity index is 395. The molecular formula is C9H11BrO3S. The van der Waals surface area contributed by atoms with E-state index < -0.39 is 15.9 Å². The van der Waals surface area contributed by atoms with Crippen LogP contribution in [0.2, 0.25) is 0 Å². The van der Waals surface area contributed by atoms with Gasteiger partial charge in [0.25, 0.3) is 0 Å². The molecule has 0 aliphatic heterocycles. The molecule has 0 bridgehead atoms. The van der Waals surface area contributed by atoms with Crippen LogP contribution in [0.1, 0.15) is 6.92 Å². The molecular weight excluding hydrogens is 268 g/mol. The van der Waals surface area contributed by atoms with Crippen LogP contribution in [-0.4, -0.2) is 25.4 Å². The van der Waals surface area contributed by atoms with Gasteiger partial charge in [-0.05, 0) is 31.2 Å². The van der Waals surface area contributed by atoms with Gasteiger partial charge in [-0.3, -0.25) is 0 Å². The second-order valence-corrected chi connectivity index (χ2v) is 6.03. The van der Waals surface area contributed by atoms with E-state index in [1.807, 2.05) is 0 Å². The molecule has 0 spiro atoms. The fourth-order valence-electron chi connectivity index (χ4n) is 1.06. The van der Waals surface area contributed by atoms with Crippen molar-refractivity contribution in [2.45, 2.75) is 17.9 Å². The zero-order valence-electron chi connectivity index (χ0n) is 7.64. The van der Waals surface area contributed by atoms with Crippen LogP contribution in [0.15, 0.2) is 33.6 Å². The Morgan fingerprint density at radius 3 is 2.29 bits per heavy atom. The average molecular weight is 279 g/mol. The highest BCUT2D eigenvalue weighted by molar-refractivity contribution is 9.10. The van der Waals surface area contributed by atoms with Crippen LogP contribution in [0, 0.1) is 0 Å². The highest BCUT2D eigenvalue weighted by atomic mass is 79.9. The van der Waals surface area contributed by atoms with Gasteiger partial charge >= 0.3 is 0 Å². The maximum atomic E-state index is 11.6. The van der Waals surface area contributed by atoms with Crippen molar-refractivity contribution in [2.75, 3.05) is 5.75 Å². The minimum absolute atomic E-state index is 0.238. The molecule has 1 aromatic carbocycles. The second kappa shape index (κ2) is 4.42. The van der Waals surface area contributed by atoms with Crippen LogP contribution < -0.4 is 0 Å². The fourth-order valence-corrected chi connectivity index (χ4v) is 2.70. The molecule has 78 valence electrons. The van der Waals surface area contributed by atoms with Gasteiger partial charge in [0.1, 0.15) is 0 Å². The molecule has 1 aromatic rings. The monoisotopic (exact) mass is 278 g/mol. The lowest BCUT2D eigenvalue weighted by molar-refractivity contribution is 0.218. The molecule has 0 saturated heterocycles. The summed E-state index contributed by atoms with van der Waals surface area (Å²) in [6.45, 7) is 1.45. The molecule has 0 heterocycles. The zero-order valence-corrected chi connectivity index (χ0v) is 10.0. The summed E-state index contributed by atoms with van der Waals surface area (Å²) in [5.41, 5.74) is 0. The summed E-state index contributed by atoms with van der Waals surface area (Å²) >= 11 is 3.22. The molecule has 0 aliphatic carbocycles. The Hall–Kier alpha value is -0.390. The number of aliphatic hydroxyl groups excluding tert-OH is 1. The summed E-state index contributed by atoms with van der Waals surface area (Å²) in [5, 5.41) is 9.02. The molecule has 0 fully saturated rings. The van der Waals surface area contributed by atoms with Gasteiger partial charge < -0.3 is 5.11 Å². The topological polar surface area (TPSA) is 54.4 Å². The third-order valence-corrected chi connectivity index (χ3v) is 4.07. The van der Waals surface area contributed by atoms with Crippen molar-refractivity contribution in [3.05, 3.63) is 28.7 Å². The Morgan fingerprint density at radius 2 is 1.86 bits per heavy atom. The third kappa shape index (κ3) is 3.08. The summed E-state index contributed by atoms with van der Waals surface area (Å²) in [4.78, 5) is 0.238. The molecule has 0 aliphatic rings. The van der Waals surface area contributed by atoms with Crippen LogP contribution in [-0.2, 0) is 9.84 Å². The van der Waals surface area contributed by atoms with Crippen LogP contribution in [0.25, 0.3) is 0 Å². The van der Waals surface area contributed by atoms with Crippen molar-refractivity contribution in [2.24, 2.45) is 0 Å². The van der Waals surface area contributed by atoms with Gasteiger partial charge in [-0.25, -0.2) is 8.42 Å². The molecule has 5 heteroatoms. The zero-order chi connectivity index (χ0) is 10.8. The van der Waals surface area contributed by atoms with Gasteiger partial charge in [0.15, 0.2) is 9.84 Å². The number of benzene rings is 1. The smallest absolute Gasteiger partial charge is 0.180 e. The molecule has 0 radical (unpaired) electrons. The van der Waals surface area contributed by atoms with E-state index in [4.69, 9.17) is 5.11 Å². The Morgan fingerprint density at radius 1 is 1.36 bits per heavy atom. The van der Waals surface area contributed by atoms with E-state index >= 15 is 0 Å². The molecule has 0 saturated carbocycles. The molecule has 3 nitrogen and oxygen atoms in total. The van der Waals surface area contributed by atoms with Gasteiger partial charge in [-0.15, -0.1) is 0 Å². The van der Waals surface area contributed by atoms with Crippen molar-refractivity contribution >= 4 is 25.8 Å². The number of sulfone groups is 1. The second-order valence-electron chi connectivity index (χ2n) is 3.08. The standard InChI is InChI=1S/C9H11BrO3S/c1-7(11)6-14(12,13)9-4-2-8(10)3-5-9/h2-5,7,11H,6H2,1H3/t7-/m0/s1. The number of halogens is 1. The summed E-state index contributed by atoms with van der Waals surface area (Å²) in [7, 11) is -3.35. The van der Waals surface area contributed by atoms with Crippen LogP contribution in [0.4, 0.5) is 0 Å². The summed E-state index contributed by atoms with van der Waals surface area (Å²) in [6, 6.07) is 6.35. The van der Waals surface area contributed by atoms with E-state index in [1.54, 1.807) is 12.1 Å². The van der Waals surface area contributed by atoms with Gasteiger partial charge in [-0.2, -0.15) is 0 Å². The average Bonchev–Trinajstić information content (AvgIpc) is 2.02. The highest BCUT2D eigenvalue weighted by Gasteiger charge is 2.16. The SMILES string of the molecule is C[C@H](O)CS(=O)(=O)c1ccc(Br)cc1. The summed E-state index contributed by atoms with van der Waals surface area (Å²) in [5.74, 6) is -0.241. The molecule has 0 aromatic heterocycles. The predicted octanol–water partition coefficient (Wildman–Crippen LogP) is 1.60. The Kier molecular flexibility index (Phi) is 3.69. The highest BCUT2D eigenvalue weighted by Crippen LogP contribution is 2.16. The minimum Gasteiger partial charge on any atom is -0.392 e. The lowest BCUT2D eigenvalue weighted by Crippen LogP contribution is -2.17. The predicted molar refractivity (Wildman–Crippen MR) is 57.9 cm³/mol. The van der Waals surface area contributed by atoms with E-state index in [-0.39, 0.29) is 10.6 Å². The van der Waals surface area contributed by atoms with E-state index in [0.717, 1.165) is 4.47 Å². The molecule has 14 heavy (non-hydrogen) atoms. The molecule has 1 N–H and O–H groups in total. The maximum absolute atomic E-state index is 11.6. The molecule has 1 atom stereocenters. The Labute approximate surface area is 91.8 Å². The van der Waals surface area contributed by atoms with Crippen molar-refractivity contribution < 1.29 is 13.5 Å². The van der Waals surface area contributed by atoms with Crippen LogP contribution in [0.5, 0.6) is 0 Å². The maximum Gasteiger partial charge on any atom is 0.180 e. The van der Waals surface area contributed by atoms with Crippen LogP contribution in [0.3, 0.4) is 0 Å². The lowest BCUT2D eigenvalue weighted by Gasteiger charge is -2.06. The van der Waals surface area contributed by atoms with E-state index in [2.05, 4.69) is 15.9 Å².